The SMILES string of the molecule is NCCCCn1nnc(-c2cccnc2)n1. The lowest BCUT2D eigenvalue weighted by atomic mass is 10.3. The molecule has 0 saturated heterocycles. The number of rotatable bonds is 5. The molecule has 0 fully saturated rings. The molecule has 16 heavy (non-hydrogen) atoms. The molecule has 0 unspecified atom stereocenters. The Hall–Kier alpha value is -1.82. The van der Waals surface area contributed by atoms with E-state index >= 15 is 0 Å². The van der Waals surface area contributed by atoms with Gasteiger partial charge in [0.2, 0.25) is 5.82 Å². The van der Waals surface area contributed by atoms with Crippen LogP contribution in [0.3, 0.4) is 0 Å². The van der Waals surface area contributed by atoms with E-state index in [1.54, 1.807) is 17.2 Å². The number of aromatic nitrogens is 5. The largest absolute Gasteiger partial charge is 0.330 e. The molecule has 6 nitrogen and oxygen atoms in total. The van der Waals surface area contributed by atoms with E-state index in [9.17, 15) is 0 Å². The van der Waals surface area contributed by atoms with Crippen molar-refractivity contribution in [3.8, 4) is 11.4 Å². The van der Waals surface area contributed by atoms with E-state index in [1.165, 1.54) is 0 Å². The Morgan fingerprint density at radius 2 is 2.25 bits per heavy atom. The van der Waals surface area contributed by atoms with E-state index in [-0.39, 0.29) is 0 Å². The number of aryl methyl sites for hydroxylation is 1. The van der Waals surface area contributed by atoms with Crippen LogP contribution in [0.4, 0.5) is 0 Å². The smallest absolute Gasteiger partial charge is 0.206 e. The second kappa shape index (κ2) is 5.32. The topological polar surface area (TPSA) is 82.5 Å². The fraction of sp³-hybridized carbons (Fsp3) is 0.400. The third-order valence-electron chi connectivity index (χ3n) is 2.18. The summed E-state index contributed by atoms with van der Waals surface area (Å²) >= 11 is 0. The van der Waals surface area contributed by atoms with Crippen molar-refractivity contribution in [2.24, 2.45) is 5.73 Å². The minimum atomic E-state index is 0.612. The molecule has 2 rings (SSSR count). The second-order valence-electron chi connectivity index (χ2n) is 3.45. The number of unbranched alkanes of at least 4 members (excludes halogenated alkanes) is 1. The van der Waals surface area contributed by atoms with E-state index in [2.05, 4.69) is 20.4 Å². The molecule has 84 valence electrons. The number of nitrogens with two attached hydrogens (primary N) is 1. The third-order valence-corrected chi connectivity index (χ3v) is 2.18. The molecule has 0 saturated carbocycles. The lowest BCUT2D eigenvalue weighted by Crippen LogP contribution is -2.05. The highest BCUT2D eigenvalue weighted by atomic mass is 15.6. The van der Waals surface area contributed by atoms with Crippen LogP contribution < -0.4 is 5.73 Å². The van der Waals surface area contributed by atoms with Crippen molar-refractivity contribution < 1.29 is 0 Å². The fourth-order valence-electron chi connectivity index (χ4n) is 1.35. The minimum absolute atomic E-state index is 0.612. The standard InChI is InChI=1S/C10H14N6/c11-5-1-2-7-16-14-10(13-15-16)9-4-3-6-12-8-9/h3-4,6,8H,1-2,5,7,11H2. The summed E-state index contributed by atoms with van der Waals surface area (Å²) in [6.07, 6.45) is 5.39. The molecular weight excluding hydrogens is 204 g/mol. The van der Waals surface area contributed by atoms with Crippen LogP contribution >= 0.6 is 0 Å². The van der Waals surface area contributed by atoms with Gasteiger partial charge in [-0.25, -0.2) is 0 Å². The minimum Gasteiger partial charge on any atom is -0.330 e. The highest BCUT2D eigenvalue weighted by Crippen LogP contribution is 2.10. The predicted octanol–water partition coefficient (Wildman–Crippen LogP) is 0.474. The summed E-state index contributed by atoms with van der Waals surface area (Å²) in [5.41, 5.74) is 6.30. The Labute approximate surface area is 93.5 Å². The maximum atomic E-state index is 5.41. The van der Waals surface area contributed by atoms with Crippen molar-refractivity contribution in [3.05, 3.63) is 24.5 Å². The van der Waals surface area contributed by atoms with Gasteiger partial charge in [-0.2, -0.15) is 4.80 Å². The van der Waals surface area contributed by atoms with E-state index in [4.69, 9.17) is 5.73 Å². The van der Waals surface area contributed by atoms with Gasteiger partial charge in [-0.1, -0.05) is 0 Å². The van der Waals surface area contributed by atoms with Crippen LogP contribution in [-0.2, 0) is 6.54 Å². The Balaban J connectivity index is 2.02. The summed E-state index contributed by atoms with van der Waals surface area (Å²) in [6, 6.07) is 3.76. The fourth-order valence-corrected chi connectivity index (χ4v) is 1.35. The molecule has 0 aliphatic carbocycles. The van der Waals surface area contributed by atoms with Gasteiger partial charge in [-0.3, -0.25) is 4.98 Å². The van der Waals surface area contributed by atoms with E-state index < -0.39 is 0 Å². The lowest BCUT2D eigenvalue weighted by molar-refractivity contribution is 0.491. The van der Waals surface area contributed by atoms with E-state index in [0.717, 1.165) is 24.9 Å². The zero-order valence-corrected chi connectivity index (χ0v) is 8.95. The van der Waals surface area contributed by atoms with Crippen molar-refractivity contribution >= 4 is 0 Å². The first kappa shape index (κ1) is 10.7. The molecule has 2 heterocycles. The molecule has 0 aliphatic heterocycles. The zero-order chi connectivity index (χ0) is 11.2. The second-order valence-corrected chi connectivity index (χ2v) is 3.45. The van der Waals surface area contributed by atoms with Crippen LogP contribution in [-0.4, -0.2) is 31.7 Å². The van der Waals surface area contributed by atoms with Crippen molar-refractivity contribution in [1.82, 2.24) is 25.2 Å². The van der Waals surface area contributed by atoms with Crippen LogP contribution in [0.15, 0.2) is 24.5 Å². The van der Waals surface area contributed by atoms with E-state index in [0.29, 0.717) is 12.4 Å². The Morgan fingerprint density at radius 3 is 3.00 bits per heavy atom. The van der Waals surface area contributed by atoms with Crippen LogP contribution in [0.2, 0.25) is 0 Å². The molecular formula is C10H14N6. The first-order valence-electron chi connectivity index (χ1n) is 5.28. The maximum Gasteiger partial charge on any atom is 0.206 e. The van der Waals surface area contributed by atoms with Crippen molar-refractivity contribution in [1.29, 1.82) is 0 Å². The molecule has 0 spiro atoms. The average Bonchev–Trinajstić information content (AvgIpc) is 2.79. The van der Waals surface area contributed by atoms with Crippen LogP contribution in [0.25, 0.3) is 11.4 Å². The lowest BCUT2D eigenvalue weighted by Gasteiger charge is -1.96. The molecule has 0 radical (unpaired) electrons. The highest BCUT2D eigenvalue weighted by Gasteiger charge is 2.04. The number of hydrogen-bond acceptors (Lipinski definition) is 5. The quantitative estimate of drug-likeness (QED) is 0.738. The third kappa shape index (κ3) is 2.60. The monoisotopic (exact) mass is 218 g/mol. The van der Waals surface area contributed by atoms with Crippen LogP contribution in [0, 0.1) is 0 Å². The van der Waals surface area contributed by atoms with Gasteiger partial charge in [-0.15, -0.1) is 10.2 Å². The van der Waals surface area contributed by atoms with Gasteiger partial charge < -0.3 is 5.73 Å². The molecule has 0 aromatic carbocycles. The molecule has 0 atom stereocenters. The van der Waals surface area contributed by atoms with Gasteiger partial charge >= 0.3 is 0 Å². The Morgan fingerprint density at radius 1 is 1.31 bits per heavy atom. The Kier molecular flexibility index (Phi) is 3.55. The van der Waals surface area contributed by atoms with Gasteiger partial charge in [-0.05, 0) is 36.7 Å². The number of pyridine rings is 1. The van der Waals surface area contributed by atoms with Crippen molar-refractivity contribution in [2.75, 3.05) is 6.54 Å². The van der Waals surface area contributed by atoms with E-state index in [1.807, 2.05) is 12.1 Å². The predicted molar refractivity (Wildman–Crippen MR) is 59.3 cm³/mol. The summed E-state index contributed by atoms with van der Waals surface area (Å²) in [4.78, 5) is 5.61. The number of tetrazole rings is 1. The van der Waals surface area contributed by atoms with Crippen LogP contribution in [0.5, 0.6) is 0 Å². The summed E-state index contributed by atoms with van der Waals surface area (Å²) in [6.45, 7) is 1.45. The molecule has 0 aliphatic rings. The summed E-state index contributed by atoms with van der Waals surface area (Å²) in [7, 11) is 0. The molecule has 2 N–H and O–H groups in total. The van der Waals surface area contributed by atoms with Gasteiger partial charge in [0.15, 0.2) is 0 Å². The number of nitrogens with zero attached hydrogens (tertiary/aromatic N) is 5. The average molecular weight is 218 g/mol. The summed E-state index contributed by atoms with van der Waals surface area (Å²) < 4.78 is 0. The maximum absolute atomic E-state index is 5.41. The zero-order valence-electron chi connectivity index (χ0n) is 8.95. The summed E-state index contributed by atoms with van der Waals surface area (Å²) in [5.74, 6) is 0.612. The molecule has 2 aromatic rings. The van der Waals surface area contributed by atoms with Crippen molar-refractivity contribution in [2.45, 2.75) is 19.4 Å². The molecule has 0 bridgehead atoms. The highest BCUT2D eigenvalue weighted by molar-refractivity contribution is 5.51. The molecule has 2 aromatic heterocycles. The Bertz CT molecular complexity index is 424. The molecule has 6 heteroatoms. The van der Waals surface area contributed by atoms with Crippen LogP contribution in [0.1, 0.15) is 12.8 Å². The van der Waals surface area contributed by atoms with Gasteiger partial charge in [0.05, 0.1) is 6.54 Å². The normalized spacial score (nSPS) is 10.6. The van der Waals surface area contributed by atoms with Gasteiger partial charge in [0.25, 0.3) is 0 Å². The molecule has 0 amide bonds. The summed E-state index contributed by atoms with van der Waals surface area (Å²) in [5, 5.41) is 12.2. The van der Waals surface area contributed by atoms with Gasteiger partial charge in [0.1, 0.15) is 0 Å². The van der Waals surface area contributed by atoms with Gasteiger partial charge in [0, 0.05) is 18.0 Å². The number of hydrogen-bond donors (Lipinski definition) is 1. The van der Waals surface area contributed by atoms with Crippen molar-refractivity contribution in [3.63, 3.8) is 0 Å². The first-order chi connectivity index (χ1) is 7.90. The first-order valence-corrected chi connectivity index (χ1v) is 5.28.